The molecule has 1 unspecified atom stereocenters. The number of rotatable bonds is 8. The van der Waals surface area contributed by atoms with E-state index in [4.69, 9.17) is 5.11 Å². The molecule has 1 rings (SSSR count). The van der Waals surface area contributed by atoms with Crippen LogP contribution in [0.3, 0.4) is 0 Å². The summed E-state index contributed by atoms with van der Waals surface area (Å²) in [5.74, 6) is 0.962. The Labute approximate surface area is 120 Å². The van der Waals surface area contributed by atoms with Crippen molar-refractivity contribution in [3.63, 3.8) is 0 Å². The molecule has 0 saturated carbocycles. The lowest BCUT2D eigenvalue weighted by molar-refractivity contribution is -0.385. The molecule has 0 spiro atoms. The molecule has 19 heavy (non-hydrogen) atoms. The Morgan fingerprint density at radius 1 is 1.58 bits per heavy atom. The summed E-state index contributed by atoms with van der Waals surface area (Å²) < 4.78 is 0.570. The fourth-order valence-corrected chi connectivity index (χ4v) is 2.32. The molecule has 0 aromatic carbocycles. The topological polar surface area (TPSA) is 88.3 Å². The maximum Gasteiger partial charge on any atom is 0.288 e. The molecule has 0 fully saturated rings. The lowest BCUT2D eigenvalue weighted by Crippen LogP contribution is -2.16. The molecule has 0 aliphatic carbocycles. The third kappa shape index (κ3) is 5.12. The second-order valence-corrected chi connectivity index (χ2v) is 5.18. The number of nitrogens with zero attached hydrogens (tertiary/aromatic N) is 2. The van der Waals surface area contributed by atoms with Gasteiger partial charge < -0.3 is 10.4 Å². The number of nitro groups is 1. The van der Waals surface area contributed by atoms with Gasteiger partial charge in [-0.25, -0.2) is 4.98 Å². The van der Waals surface area contributed by atoms with Gasteiger partial charge in [-0.3, -0.25) is 10.1 Å². The first-order valence-corrected chi connectivity index (χ1v) is 7.02. The van der Waals surface area contributed by atoms with Crippen molar-refractivity contribution in [1.29, 1.82) is 0 Å². The average molecular weight is 332 g/mol. The van der Waals surface area contributed by atoms with E-state index < -0.39 is 4.92 Å². The Kier molecular flexibility index (Phi) is 6.72. The fourth-order valence-electron chi connectivity index (χ4n) is 1.84. The van der Waals surface area contributed by atoms with E-state index in [0.717, 1.165) is 19.3 Å². The van der Waals surface area contributed by atoms with E-state index in [2.05, 4.69) is 33.2 Å². The average Bonchev–Trinajstić information content (AvgIpc) is 2.37. The van der Waals surface area contributed by atoms with E-state index >= 15 is 0 Å². The first kappa shape index (κ1) is 15.8. The summed E-state index contributed by atoms with van der Waals surface area (Å²) in [7, 11) is 0. The molecular weight excluding hydrogens is 314 g/mol. The fraction of sp³-hybridized carbons (Fsp3) is 0.583. The number of aliphatic hydroxyl groups is 1. The van der Waals surface area contributed by atoms with E-state index in [1.165, 1.54) is 12.3 Å². The van der Waals surface area contributed by atoms with Gasteiger partial charge in [-0.05, 0) is 34.7 Å². The Hall–Kier alpha value is -1.21. The molecule has 1 heterocycles. The van der Waals surface area contributed by atoms with E-state index in [9.17, 15) is 10.1 Å². The van der Waals surface area contributed by atoms with Gasteiger partial charge in [0.25, 0.3) is 5.69 Å². The van der Waals surface area contributed by atoms with Crippen molar-refractivity contribution in [2.75, 3.05) is 18.5 Å². The van der Waals surface area contributed by atoms with Crippen LogP contribution in [0.1, 0.15) is 26.2 Å². The van der Waals surface area contributed by atoms with Crippen molar-refractivity contribution < 1.29 is 10.0 Å². The molecule has 6 nitrogen and oxygen atoms in total. The number of hydrogen-bond acceptors (Lipinski definition) is 5. The minimum atomic E-state index is -0.479. The highest BCUT2D eigenvalue weighted by atomic mass is 79.9. The zero-order chi connectivity index (χ0) is 14.3. The number of halogens is 1. The van der Waals surface area contributed by atoms with Crippen LogP contribution in [0.25, 0.3) is 0 Å². The summed E-state index contributed by atoms with van der Waals surface area (Å²) in [4.78, 5) is 14.1. The maximum atomic E-state index is 10.6. The Bertz CT molecular complexity index is 423. The highest BCUT2D eigenvalue weighted by Crippen LogP contribution is 2.25. The molecule has 0 aliphatic rings. The Morgan fingerprint density at radius 2 is 2.32 bits per heavy atom. The van der Waals surface area contributed by atoms with Crippen molar-refractivity contribution in [2.24, 2.45) is 5.92 Å². The molecule has 0 aliphatic heterocycles. The molecule has 2 N–H and O–H groups in total. The molecule has 0 saturated heterocycles. The second kappa shape index (κ2) is 8.06. The van der Waals surface area contributed by atoms with Gasteiger partial charge in [0.2, 0.25) is 0 Å². The third-order valence-corrected chi connectivity index (χ3v) is 3.43. The predicted octanol–water partition coefficient (Wildman–Crippen LogP) is 2.96. The number of aromatic nitrogens is 1. The summed E-state index contributed by atoms with van der Waals surface area (Å²) in [5, 5.41) is 22.7. The minimum absolute atomic E-state index is 0.0436. The van der Waals surface area contributed by atoms with Gasteiger partial charge in [-0.2, -0.15) is 0 Å². The van der Waals surface area contributed by atoms with Crippen LogP contribution in [-0.2, 0) is 0 Å². The molecule has 1 atom stereocenters. The van der Waals surface area contributed by atoms with Crippen molar-refractivity contribution in [3.05, 3.63) is 26.9 Å². The summed E-state index contributed by atoms with van der Waals surface area (Å²) in [6, 6.07) is 1.43. The Morgan fingerprint density at radius 3 is 2.84 bits per heavy atom. The molecule has 1 aromatic rings. The van der Waals surface area contributed by atoms with E-state index in [-0.39, 0.29) is 12.3 Å². The van der Waals surface area contributed by atoms with E-state index in [1.54, 1.807) is 0 Å². The zero-order valence-electron chi connectivity index (χ0n) is 10.8. The minimum Gasteiger partial charge on any atom is -0.396 e. The molecule has 1 aromatic heterocycles. The molecule has 7 heteroatoms. The highest BCUT2D eigenvalue weighted by Gasteiger charge is 2.12. The number of nitrogens with one attached hydrogen (secondary N) is 1. The summed E-state index contributed by atoms with van der Waals surface area (Å²) in [6.45, 7) is 2.96. The van der Waals surface area contributed by atoms with Crippen LogP contribution in [0.15, 0.2) is 16.7 Å². The maximum absolute atomic E-state index is 10.6. The van der Waals surface area contributed by atoms with E-state index in [0.29, 0.717) is 22.8 Å². The van der Waals surface area contributed by atoms with Gasteiger partial charge in [-0.15, -0.1) is 0 Å². The summed E-state index contributed by atoms with van der Waals surface area (Å²) in [6.07, 6.45) is 4.05. The van der Waals surface area contributed by atoms with Gasteiger partial charge in [0.1, 0.15) is 12.0 Å². The first-order chi connectivity index (χ1) is 9.08. The molecule has 0 radical (unpaired) electrons. The molecule has 0 bridgehead atoms. The van der Waals surface area contributed by atoms with Crippen LogP contribution in [0.4, 0.5) is 11.5 Å². The largest absolute Gasteiger partial charge is 0.396 e. The normalized spacial score (nSPS) is 12.2. The van der Waals surface area contributed by atoms with Gasteiger partial charge in [-0.1, -0.05) is 13.3 Å². The lowest BCUT2D eigenvalue weighted by atomic mass is 10.0. The molecule has 106 valence electrons. The van der Waals surface area contributed by atoms with Crippen molar-refractivity contribution >= 4 is 27.4 Å². The summed E-state index contributed by atoms with van der Waals surface area (Å²) >= 11 is 3.26. The van der Waals surface area contributed by atoms with Crippen LogP contribution < -0.4 is 5.32 Å². The third-order valence-electron chi connectivity index (χ3n) is 2.83. The zero-order valence-corrected chi connectivity index (χ0v) is 12.4. The number of aliphatic hydroxyl groups excluding tert-OH is 1. The van der Waals surface area contributed by atoms with Gasteiger partial charge in [0.05, 0.1) is 9.40 Å². The predicted molar refractivity (Wildman–Crippen MR) is 77.2 cm³/mol. The Balaban J connectivity index is 2.63. The van der Waals surface area contributed by atoms with Crippen LogP contribution in [0.5, 0.6) is 0 Å². The monoisotopic (exact) mass is 331 g/mol. The SMILES string of the molecule is CCCC(CCO)CNc1ncc([N+](=O)[O-])cc1Br. The smallest absolute Gasteiger partial charge is 0.288 e. The number of hydrogen-bond donors (Lipinski definition) is 2. The van der Waals surface area contributed by atoms with Crippen molar-refractivity contribution in [3.8, 4) is 0 Å². The van der Waals surface area contributed by atoms with Crippen LogP contribution in [-0.4, -0.2) is 28.2 Å². The first-order valence-electron chi connectivity index (χ1n) is 6.23. The van der Waals surface area contributed by atoms with Crippen LogP contribution >= 0.6 is 15.9 Å². The molecule has 0 amide bonds. The van der Waals surface area contributed by atoms with E-state index in [1.807, 2.05) is 0 Å². The standard InChI is InChI=1S/C12H18BrN3O3/c1-2-3-9(4-5-17)7-14-12-11(13)6-10(8-15-12)16(18)19/h6,8-9,17H,2-5,7H2,1H3,(H,14,15). The second-order valence-electron chi connectivity index (χ2n) is 4.33. The number of pyridine rings is 1. The quantitative estimate of drug-likeness (QED) is 0.564. The van der Waals surface area contributed by atoms with Crippen LogP contribution in [0.2, 0.25) is 0 Å². The van der Waals surface area contributed by atoms with Gasteiger partial charge >= 0.3 is 0 Å². The van der Waals surface area contributed by atoms with Crippen molar-refractivity contribution in [1.82, 2.24) is 4.98 Å². The summed E-state index contributed by atoms with van der Waals surface area (Å²) in [5.41, 5.74) is -0.0436. The van der Waals surface area contributed by atoms with Crippen molar-refractivity contribution in [2.45, 2.75) is 26.2 Å². The van der Waals surface area contributed by atoms with Gasteiger partial charge in [0.15, 0.2) is 0 Å². The van der Waals surface area contributed by atoms with Crippen LogP contribution in [0, 0.1) is 16.0 Å². The number of anilines is 1. The lowest BCUT2D eigenvalue weighted by Gasteiger charge is -2.16. The highest BCUT2D eigenvalue weighted by molar-refractivity contribution is 9.10. The van der Waals surface area contributed by atoms with Gasteiger partial charge in [0, 0.05) is 19.2 Å². The molecular formula is C12H18BrN3O3.